The minimum absolute atomic E-state index is 0.239. The second-order valence-corrected chi connectivity index (χ2v) is 27.9. The van der Waals surface area contributed by atoms with Crippen LogP contribution in [-0.4, -0.2) is 20.4 Å². The summed E-state index contributed by atoms with van der Waals surface area (Å²) in [5, 5.41) is 7.30. The lowest BCUT2D eigenvalue weighted by Crippen LogP contribution is -2.61. The molecule has 15 aromatic carbocycles. The third-order valence-corrected chi connectivity index (χ3v) is 21.3. The van der Waals surface area contributed by atoms with Gasteiger partial charge in [-0.15, -0.1) is 0 Å². The molecule has 0 unspecified atom stereocenters. The Morgan fingerprint density at radius 2 is 0.570 bits per heavy atom. The van der Waals surface area contributed by atoms with Crippen molar-refractivity contribution in [2.45, 2.75) is 26.2 Å². The van der Waals surface area contributed by atoms with Crippen molar-refractivity contribution in [3.8, 4) is 61.6 Å². The van der Waals surface area contributed by atoms with E-state index < -0.39 is 0 Å². The molecule has 0 N–H and O–H groups in total. The minimum Gasteiger partial charge on any atom is -0.310 e. The number of benzene rings is 15. The topological polar surface area (TPSA) is 21.3 Å². The quantitative estimate of drug-likeness (QED) is 0.134. The van der Waals surface area contributed by atoms with Crippen molar-refractivity contribution < 1.29 is 0 Å². The van der Waals surface area contributed by atoms with Gasteiger partial charge in [0, 0.05) is 94.4 Å². The van der Waals surface area contributed by atoms with Crippen molar-refractivity contribution in [2.24, 2.45) is 0 Å². The van der Waals surface area contributed by atoms with Crippen LogP contribution in [0.4, 0.5) is 34.1 Å². The van der Waals surface area contributed by atoms with Crippen molar-refractivity contribution >= 4 is 123 Å². The average molecular weight is 1280 g/mol. The molecular weight excluding hydrogens is 1210 g/mol. The molecular formula is C94H66BN5. The van der Waals surface area contributed by atoms with Crippen molar-refractivity contribution in [3.05, 3.63) is 351 Å². The number of hydrogen-bond acceptors (Lipinski definition) is 2. The lowest BCUT2D eigenvalue weighted by molar-refractivity contribution is 0.590. The Labute approximate surface area is 581 Å². The number of fused-ring (bicyclic) bond motifs is 14. The Morgan fingerprint density at radius 3 is 0.950 bits per heavy atom. The monoisotopic (exact) mass is 1280 g/mol. The fourth-order valence-electron chi connectivity index (χ4n) is 16.9. The van der Waals surface area contributed by atoms with Gasteiger partial charge < -0.3 is 23.5 Å². The molecule has 6 heteroatoms. The van der Waals surface area contributed by atoms with E-state index in [0.717, 1.165) is 107 Å². The van der Waals surface area contributed by atoms with Crippen molar-refractivity contribution in [3.63, 3.8) is 0 Å². The first kappa shape index (κ1) is 57.6. The zero-order valence-corrected chi connectivity index (χ0v) is 55.7. The van der Waals surface area contributed by atoms with E-state index in [4.69, 9.17) is 0 Å². The van der Waals surface area contributed by atoms with E-state index in [9.17, 15) is 0 Å². The molecule has 3 aromatic heterocycles. The van der Waals surface area contributed by atoms with Crippen LogP contribution in [0.15, 0.2) is 346 Å². The smallest absolute Gasteiger partial charge is 0.252 e. The minimum atomic E-state index is -0.320. The van der Waals surface area contributed by atoms with Crippen LogP contribution in [-0.2, 0) is 5.41 Å². The van der Waals surface area contributed by atoms with Gasteiger partial charge in [0.1, 0.15) is 0 Å². The summed E-state index contributed by atoms with van der Waals surface area (Å²) < 4.78 is 7.57. The summed E-state index contributed by atoms with van der Waals surface area (Å²) in [5.74, 6) is 0. The van der Waals surface area contributed by atoms with Crippen LogP contribution in [0.3, 0.4) is 0 Å². The summed E-state index contributed by atoms with van der Waals surface area (Å²) in [6, 6.07) is 130. The van der Waals surface area contributed by atoms with E-state index in [1.165, 1.54) is 76.3 Å². The highest BCUT2D eigenvalue weighted by Gasteiger charge is 2.46. The zero-order valence-electron chi connectivity index (χ0n) is 55.7. The molecule has 0 bridgehead atoms. The molecule has 470 valence electrons. The van der Waals surface area contributed by atoms with Crippen LogP contribution in [0.2, 0.25) is 0 Å². The van der Waals surface area contributed by atoms with Gasteiger partial charge in [0.2, 0.25) is 0 Å². The van der Waals surface area contributed by atoms with Crippen LogP contribution in [0.1, 0.15) is 26.3 Å². The first-order chi connectivity index (χ1) is 49.3. The normalized spacial score (nSPS) is 12.7. The Balaban J connectivity index is 0.959. The van der Waals surface area contributed by atoms with Gasteiger partial charge >= 0.3 is 0 Å². The molecule has 0 aliphatic carbocycles. The Kier molecular flexibility index (Phi) is 12.9. The van der Waals surface area contributed by atoms with E-state index in [-0.39, 0.29) is 12.1 Å². The Morgan fingerprint density at radius 1 is 0.250 bits per heavy atom. The molecule has 20 rings (SSSR count). The molecule has 2 aliphatic heterocycles. The lowest BCUT2D eigenvalue weighted by atomic mass is 9.33. The van der Waals surface area contributed by atoms with Gasteiger partial charge in [-0.3, -0.25) is 0 Å². The molecule has 100 heavy (non-hydrogen) atoms. The first-order valence-corrected chi connectivity index (χ1v) is 34.9. The number of para-hydroxylation sites is 7. The predicted molar refractivity (Wildman–Crippen MR) is 424 cm³/mol. The number of hydrogen-bond donors (Lipinski definition) is 0. The first-order valence-electron chi connectivity index (χ1n) is 34.9. The van der Waals surface area contributed by atoms with Gasteiger partial charge in [0.15, 0.2) is 0 Å². The molecule has 0 amide bonds. The molecule has 5 nitrogen and oxygen atoms in total. The van der Waals surface area contributed by atoms with Crippen LogP contribution in [0, 0.1) is 0 Å². The number of rotatable bonds is 9. The summed E-state index contributed by atoms with van der Waals surface area (Å²) in [4.78, 5) is 5.39. The van der Waals surface area contributed by atoms with Crippen molar-refractivity contribution in [1.82, 2.24) is 13.7 Å². The highest BCUT2D eigenvalue weighted by atomic mass is 15.2. The van der Waals surface area contributed by atoms with E-state index in [0.29, 0.717) is 0 Å². The largest absolute Gasteiger partial charge is 0.310 e. The SMILES string of the molecule is CC(C)(C)c1cc2c3c(c1)N(c1c(-c4ccccc4)cccc1-c1ccccc1)c1cc(-n4c5ccccc5c5ccc6c7ccccc7n(-c7ccccc7)c6c54)ccc1B3c1ccc(-n3c4ccccc4c4ccccc43)cc1N2c1c(-c2ccccc2)cccc1-c1ccccc1. The fraction of sp³-hybridized carbons (Fsp3) is 0.0426. The maximum Gasteiger partial charge on any atom is 0.252 e. The van der Waals surface area contributed by atoms with Gasteiger partial charge in [-0.1, -0.05) is 294 Å². The summed E-state index contributed by atoms with van der Waals surface area (Å²) in [6.45, 7) is 6.92. The standard InChI is InChI=1S/C94H66BN5/c1-94(2,3)65-57-87-89-88(58-65)100(91-71(63-33-13-6-14-34-63)45-28-46-72(91)64-35-15-7-16-36-64)86-60-68(98-84-50-26-22-42-76(84)78-54-53-77-75-41-21-25-49-83(75)97(92(77)93(78)98)66-37-17-8-18-38-66)52-56-80(86)95(89)79-55-51-67(96-81-47-23-19-39-73(81)74-40-20-24-48-82(74)96)59-85(79)99(87)90-69(61-29-9-4-10-30-61)43-27-44-70(90)62-31-11-5-12-32-62/h4-60H,1-3H3. The summed E-state index contributed by atoms with van der Waals surface area (Å²) in [6.07, 6.45) is 0. The molecule has 5 heterocycles. The average Bonchev–Trinajstić information content (AvgIpc) is 0.758. The molecule has 0 saturated heterocycles. The second kappa shape index (κ2) is 22.5. The second-order valence-electron chi connectivity index (χ2n) is 27.9. The van der Waals surface area contributed by atoms with Crippen molar-refractivity contribution in [1.29, 1.82) is 0 Å². The molecule has 2 aliphatic rings. The van der Waals surface area contributed by atoms with Crippen molar-refractivity contribution in [2.75, 3.05) is 9.80 Å². The molecule has 0 radical (unpaired) electrons. The Hall–Kier alpha value is -12.6. The van der Waals surface area contributed by atoms with Gasteiger partial charge in [0.05, 0.1) is 44.5 Å². The number of aromatic nitrogens is 3. The van der Waals surface area contributed by atoms with Gasteiger partial charge in [0.25, 0.3) is 6.71 Å². The van der Waals surface area contributed by atoms with E-state index in [1.807, 2.05) is 0 Å². The number of nitrogens with zero attached hydrogens (tertiary/aromatic N) is 5. The van der Waals surface area contributed by atoms with Gasteiger partial charge in [-0.05, 0) is 122 Å². The fourth-order valence-corrected chi connectivity index (χ4v) is 16.9. The summed E-state index contributed by atoms with van der Waals surface area (Å²) in [7, 11) is 0. The highest BCUT2D eigenvalue weighted by Crippen LogP contribution is 2.55. The highest BCUT2D eigenvalue weighted by molar-refractivity contribution is 7.00. The zero-order chi connectivity index (χ0) is 66.3. The Bertz CT molecular complexity index is 6150. The maximum atomic E-state index is 2.70. The summed E-state index contributed by atoms with van der Waals surface area (Å²) in [5.41, 5.74) is 30.8. The molecule has 0 saturated carbocycles. The van der Waals surface area contributed by atoms with Crippen LogP contribution in [0.25, 0.3) is 127 Å². The number of anilines is 6. The van der Waals surface area contributed by atoms with E-state index in [2.05, 4.69) is 390 Å². The molecule has 0 spiro atoms. The molecule has 18 aromatic rings. The van der Waals surface area contributed by atoms with Crippen LogP contribution in [0.5, 0.6) is 0 Å². The third kappa shape index (κ3) is 8.69. The molecule has 0 fully saturated rings. The summed E-state index contributed by atoms with van der Waals surface area (Å²) >= 11 is 0. The molecule has 0 atom stereocenters. The predicted octanol–water partition coefficient (Wildman–Crippen LogP) is 23.0. The van der Waals surface area contributed by atoms with Gasteiger partial charge in [-0.25, -0.2) is 0 Å². The maximum absolute atomic E-state index is 2.70. The van der Waals surface area contributed by atoms with E-state index >= 15 is 0 Å². The third-order valence-electron chi connectivity index (χ3n) is 21.3. The van der Waals surface area contributed by atoms with Crippen LogP contribution < -0.4 is 26.2 Å². The van der Waals surface area contributed by atoms with E-state index in [1.54, 1.807) is 0 Å². The van der Waals surface area contributed by atoms with Gasteiger partial charge in [-0.2, -0.15) is 0 Å². The van der Waals surface area contributed by atoms with Crippen LogP contribution >= 0.6 is 0 Å². The lowest BCUT2D eigenvalue weighted by Gasteiger charge is -2.46.